The average molecular weight is 172 g/mol. The number of rotatable bonds is 5. The van der Waals surface area contributed by atoms with E-state index in [1.807, 2.05) is 0 Å². The first-order chi connectivity index (χ1) is 5.37. The van der Waals surface area contributed by atoms with Gasteiger partial charge < -0.3 is 5.11 Å². The summed E-state index contributed by atoms with van der Waals surface area (Å²) in [6.45, 7) is 4.67. The highest BCUT2D eigenvalue weighted by Gasteiger charge is 2.24. The van der Waals surface area contributed by atoms with Gasteiger partial charge in [0.15, 0.2) is 0 Å². The number of ketones is 2. The molecule has 0 aromatic carbocycles. The topological polar surface area (TPSA) is 54.4 Å². The van der Waals surface area contributed by atoms with Crippen LogP contribution in [0, 0.1) is 0 Å². The maximum absolute atomic E-state index is 10.9. The third kappa shape index (κ3) is 5.02. The molecule has 1 unspecified atom stereocenters. The number of carbonyl (C=O) groups is 2. The minimum absolute atomic E-state index is 0.0127. The van der Waals surface area contributed by atoms with E-state index < -0.39 is 5.60 Å². The summed E-state index contributed by atoms with van der Waals surface area (Å²) in [5.74, 6) is -0.106. The molecule has 0 aromatic rings. The Morgan fingerprint density at radius 2 is 1.83 bits per heavy atom. The number of hydrogen-bond donors (Lipinski definition) is 1. The van der Waals surface area contributed by atoms with Gasteiger partial charge in [-0.2, -0.15) is 0 Å². The molecule has 0 fully saturated rings. The Morgan fingerprint density at radius 1 is 1.33 bits per heavy atom. The summed E-state index contributed by atoms with van der Waals surface area (Å²) in [4.78, 5) is 21.6. The third-order valence-corrected chi connectivity index (χ3v) is 1.60. The van der Waals surface area contributed by atoms with Gasteiger partial charge in [0, 0.05) is 19.3 Å². The monoisotopic (exact) mass is 172 g/mol. The normalized spacial score (nSPS) is 15.3. The Morgan fingerprint density at radius 3 is 2.17 bits per heavy atom. The van der Waals surface area contributed by atoms with Crippen LogP contribution in [0.25, 0.3) is 0 Å². The summed E-state index contributed by atoms with van der Waals surface area (Å²) in [5, 5.41) is 9.54. The lowest BCUT2D eigenvalue weighted by atomic mass is 9.93. The fourth-order valence-corrected chi connectivity index (χ4v) is 1.15. The Hall–Kier alpha value is -0.700. The highest BCUT2D eigenvalue weighted by atomic mass is 16.3. The maximum atomic E-state index is 10.9. The van der Waals surface area contributed by atoms with Gasteiger partial charge >= 0.3 is 0 Å². The van der Waals surface area contributed by atoms with Crippen LogP contribution in [0.3, 0.4) is 0 Å². The summed E-state index contributed by atoms with van der Waals surface area (Å²) in [7, 11) is 0. The molecule has 0 aromatic heterocycles. The molecule has 0 amide bonds. The fourth-order valence-electron chi connectivity index (χ4n) is 1.15. The van der Waals surface area contributed by atoms with E-state index in [-0.39, 0.29) is 24.4 Å². The predicted octanol–water partition coefficient (Wildman–Crippen LogP) is 1.09. The van der Waals surface area contributed by atoms with Crippen molar-refractivity contribution in [3.8, 4) is 0 Å². The summed E-state index contributed by atoms with van der Waals surface area (Å²) in [5.41, 5.74) is -1.15. The van der Waals surface area contributed by atoms with Crippen molar-refractivity contribution in [2.24, 2.45) is 0 Å². The van der Waals surface area contributed by atoms with Crippen LogP contribution in [-0.4, -0.2) is 22.3 Å². The van der Waals surface area contributed by atoms with E-state index in [2.05, 4.69) is 0 Å². The van der Waals surface area contributed by atoms with Crippen molar-refractivity contribution in [3.05, 3.63) is 0 Å². The molecule has 0 aliphatic carbocycles. The van der Waals surface area contributed by atoms with Crippen molar-refractivity contribution in [1.82, 2.24) is 0 Å². The molecule has 1 atom stereocenters. The van der Waals surface area contributed by atoms with Gasteiger partial charge in [0.25, 0.3) is 0 Å². The molecule has 0 saturated heterocycles. The second-order valence-electron chi connectivity index (χ2n) is 3.44. The van der Waals surface area contributed by atoms with E-state index in [1.54, 1.807) is 6.92 Å². The molecule has 0 saturated carbocycles. The minimum atomic E-state index is -1.15. The summed E-state index contributed by atoms with van der Waals surface area (Å²) in [6.07, 6.45) is 0.538. The fraction of sp³-hybridized carbons (Fsp3) is 0.778. The van der Waals surface area contributed by atoms with Gasteiger partial charge in [0.1, 0.15) is 11.6 Å². The molecule has 1 N–H and O–H groups in total. The zero-order valence-electron chi connectivity index (χ0n) is 7.89. The average Bonchev–Trinajstić information content (AvgIpc) is 1.83. The van der Waals surface area contributed by atoms with Gasteiger partial charge in [-0.05, 0) is 13.8 Å². The van der Waals surface area contributed by atoms with E-state index in [9.17, 15) is 14.7 Å². The van der Waals surface area contributed by atoms with Crippen molar-refractivity contribution in [1.29, 1.82) is 0 Å². The molecular weight excluding hydrogens is 156 g/mol. The highest BCUT2D eigenvalue weighted by Crippen LogP contribution is 2.15. The van der Waals surface area contributed by atoms with Crippen molar-refractivity contribution < 1.29 is 14.7 Å². The molecule has 0 spiro atoms. The SMILES string of the molecule is CCC(=O)CC(C)(O)CC(C)=O. The lowest BCUT2D eigenvalue weighted by Crippen LogP contribution is -2.30. The van der Waals surface area contributed by atoms with Gasteiger partial charge in [-0.15, -0.1) is 0 Å². The zero-order valence-corrected chi connectivity index (χ0v) is 7.89. The number of Topliss-reactive ketones (excluding diaryl/α,β-unsaturated/α-hetero) is 2. The summed E-state index contributed by atoms with van der Waals surface area (Å²) in [6, 6.07) is 0. The van der Waals surface area contributed by atoms with Crippen molar-refractivity contribution >= 4 is 11.6 Å². The van der Waals surface area contributed by atoms with Crippen LogP contribution >= 0.6 is 0 Å². The standard InChI is InChI=1S/C9H16O3/c1-4-8(11)6-9(3,12)5-7(2)10/h12H,4-6H2,1-3H3. The summed E-state index contributed by atoms with van der Waals surface area (Å²) < 4.78 is 0. The van der Waals surface area contributed by atoms with E-state index in [4.69, 9.17) is 0 Å². The summed E-state index contributed by atoms with van der Waals surface area (Å²) >= 11 is 0. The van der Waals surface area contributed by atoms with Crippen LogP contribution in [0.15, 0.2) is 0 Å². The minimum Gasteiger partial charge on any atom is -0.389 e. The van der Waals surface area contributed by atoms with Crippen LogP contribution in [0.4, 0.5) is 0 Å². The Labute approximate surface area is 72.8 Å². The van der Waals surface area contributed by atoms with Crippen molar-refractivity contribution in [3.63, 3.8) is 0 Å². The largest absolute Gasteiger partial charge is 0.389 e. The van der Waals surface area contributed by atoms with Gasteiger partial charge in [-0.3, -0.25) is 9.59 Å². The molecule has 3 heteroatoms. The van der Waals surface area contributed by atoms with Gasteiger partial charge in [-0.1, -0.05) is 6.92 Å². The second-order valence-corrected chi connectivity index (χ2v) is 3.44. The van der Waals surface area contributed by atoms with Crippen LogP contribution in [-0.2, 0) is 9.59 Å². The molecule has 0 bridgehead atoms. The first-order valence-electron chi connectivity index (χ1n) is 4.11. The first-order valence-corrected chi connectivity index (χ1v) is 4.11. The molecule has 0 heterocycles. The van der Waals surface area contributed by atoms with Gasteiger partial charge in [0.2, 0.25) is 0 Å². The van der Waals surface area contributed by atoms with Crippen LogP contribution in [0.1, 0.15) is 40.0 Å². The van der Waals surface area contributed by atoms with Crippen LogP contribution in [0.5, 0.6) is 0 Å². The van der Waals surface area contributed by atoms with Crippen LogP contribution in [0.2, 0.25) is 0 Å². The van der Waals surface area contributed by atoms with Crippen molar-refractivity contribution in [2.45, 2.75) is 45.6 Å². The Balaban J connectivity index is 4.03. The Bertz CT molecular complexity index is 182. The maximum Gasteiger partial charge on any atom is 0.135 e. The number of aliphatic hydroxyl groups is 1. The van der Waals surface area contributed by atoms with Crippen molar-refractivity contribution in [2.75, 3.05) is 0 Å². The zero-order chi connectivity index (χ0) is 9.78. The molecule has 70 valence electrons. The smallest absolute Gasteiger partial charge is 0.135 e. The van der Waals surface area contributed by atoms with Gasteiger partial charge in [0.05, 0.1) is 5.60 Å². The van der Waals surface area contributed by atoms with E-state index in [1.165, 1.54) is 13.8 Å². The quantitative estimate of drug-likeness (QED) is 0.675. The lowest BCUT2D eigenvalue weighted by Gasteiger charge is -2.20. The van der Waals surface area contributed by atoms with E-state index in [0.717, 1.165) is 0 Å². The van der Waals surface area contributed by atoms with E-state index >= 15 is 0 Å². The molecule has 0 aliphatic heterocycles. The third-order valence-electron chi connectivity index (χ3n) is 1.60. The van der Waals surface area contributed by atoms with E-state index in [0.29, 0.717) is 6.42 Å². The highest BCUT2D eigenvalue weighted by molar-refractivity contribution is 5.81. The first kappa shape index (κ1) is 11.3. The number of hydrogen-bond acceptors (Lipinski definition) is 3. The molecule has 3 nitrogen and oxygen atoms in total. The van der Waals surface area contributed by atoms with Crippen LogP contribution < -0.4 is 0 Å². The number of carbonyl (C=O) groups excluding carboxylic acids is 2. The molecule has 0 aliphatic rings. The molecular formula is C9H16O3. The molecule has 0 radical (unpaired) electrons. The van der Waals surface area contributed by atoms with Gasteiger partial charge in [-0.25, -0.2) is 0 Å². The molecule has 0 rings (SSSR count). The lowest BCUT2D eigenvalue weighted by molar-refractivity contribution is -0.126. The second kappa shape index (κ2) is 4.36. The predicted molar refractivity (Wildman–Crippen MR) is 45.8 cm³/mol. The molecule has 12 heavy (non-hydrogen) atoms. The Kier molecular flexibility index (Phi) is 4.10.